The van der Waals surface area contributed by atoms with Crippen molar-refractivity contribution in [3.8, 4) is 0 Å². The van der Waals surface area contributed by atoms with Crippen molar-refractivity contribution in [2.75, 3.05) is 0 Å². The molecule has 3 heteroatoms. The molecule has 0 aromatic rings. The number of hydrogen-bond acceptors (Lipinski definition) is 3. The van der Waals surface area contributed by atoms with Crippen molar-refractivity contribution in [3.63, 3.8) is 0 Å². The van der Waals surface area contributed by atoms with Gasteiger partial charge in [0.05, 0.1) is 6.10 Å². The molecule has 88 valence electrons. The highest BCUT2D eigenvalue weighted by Crippen LogP contribution is 2.41. The summed E-state index contributed by atoms with van der Waals surface area (Å²) in [6.07, 6.45) is 5.97. The van der Waals surface area contributed by atoms with Crippen molar-refractivity contribution in [2.24, 2.45) is 11.8 Å². The molecule has 4 atom stereocenters. The van der Waals surface area contributed by atoms with E-state index in [9.17, 15) is 10.2 Å². The molecule has 0 radical (unpaired) electrons. The smallest absolute Gasteiger partial charge is 0.182 e. The van der Waals surface area contributed by atoms with Crippen LogP contribution in [-0.4, -0.2) is 28.7 Å². The normalized spacial score (nSPS) is 36.2. The highest BCUT2D eigenvalue weighted by atomic mass is 16.7. The van der Waals surface area contributed by atoms with Gasteiger partial charge in [0, 0.05) is 5.92 Å². The van der Waals surface area contributed by atoms with Crippen molar-refractivity contribution >= 4 is 0 Å². The zero-order valence-electron chi connectivity index (χ0n) is 9.43. The maximum absolute atomic E-state index is 10.0. The van der Waals surface area contributed by atoms with Crippen molar-refractivity contribution < 1.29 is 14.9 Å². The van der Waals surface area contributed by atoms with Gasteiger partial charge in [-0.1, -0.05) is 26.2 Å². The Kier molecular flexibility index (Phi) is 3.65. The average molecular weight is 214 g/mol. The summed E-state index contributed by atoms with van der Waals surface area (Å²) in [6.45, 7) is 2.00. The lowest BCUT2D eigenvalue weighted by Crippen LogP contribution is -2.34. The SMILES string of the molecule is CCC(O)C(C1CCCCC1)C1OC1O. The first-order chi connectivity index (χ1) is 7.24. The van der Waals surface area contributed by atoms with Gasteiger partial charge in [0.25, 0.3) is 0 Å². The molecule has 1 aliphatic heterocycles. The molecule has 1 aliphatic carbocycles. The van der Waals surface area contributed by atoms with Crippen molar-refractivity contribution in [1.82, 2.24) is 0 Å². The van der Waals surface area contributed by atoms with E-state index in [0.717, 1.165) is 6.42 Å². The molecule has 0 aromatic heterocycles. The van der Waals surface area contributed by atoms with Crippen LogP contribution in [0.4, 0.5) is 0 Å². The zero-order valence-corrected chi connectivity index (χ0v) is 9.43. The fraction of sp³-hybridized carbons (Fsp3) is 1.00. The van der Waals surface area contributed by atoms with Gasteiger partial charge in [0.1, 0.15) is 6.10 Å². The van der Waals surface area contributed by atoms with E-state index in [1.165, 1.54) is 32.1 Å². The molecule has 1 heterocycles. The monoisotopic (exact) mass is 214 g/mol. The van der Waals surface area contributed by atoms with Gasteiger partial charge in [-0.15, -0.1) is 0 Å². The van der Waals surface area contributed by atoms with E-state index in [4.69, 9.17) is 4.74 Å². The number of rotatable bonds is 4. The van der Waals surface area contributed by atoms with Crippen LogP contribution in [0.15, 0.2) is 0 Å². The van der Waals surface area contributed by atoms with E-state index in [2.05, 4.69) is 0 Å². The van der Waals surface area contributed by atoms with Crippen LogP contribution in [-0.2, 0) is 4.74 Å². The molecule has 2 rings (SSSR count). The van der Waals surface area contributed by atoms with Crippen LogP contribution in [0.3, 0.4) is 0 Å². The molecule has 2 fully saturated rings. The summed E-state index contributed by atoms with van der Waals surface area (Å²) in [5.74, 6) is 0.709. The Hall–Kier alpha value is -0.120. The molecule has 0 spiro atoms. The second kappa shape index (κ2) is 4.81. The molecule has 2 aliphatic rings. The van der Waals surface area contributed by atoms with E-state index in [-0.39, 0.29) is 18.1 Å². The van der Waals surface area contributed by atoms with Gasteiger partial charge in [0.2, 0.25) is 0 Å². The molecular weight excluding hydrogens is 192 g/mol. The fourth-order valence-corrected chi connectivity index (χ4v) is 2.99. The molecule has 1 saturated carbocycles. The number of aliphatic hydroxyl groups excluding tert-OH is 2. The van der Waals surface area contributed by atoms with Gasteiger partial charge in [-0.05, 0) is 25.2 Å². The topological polar surface area (TPSA) is 53.0 Å². The Morgan fingerprint density at radius 3 is 2.33 bits per heavy atom. The van der Waals surface area contributed by atoms with Crippen molar-refractivity contribution in [3.05, 3.63) is 0 Å². The second-order valence-corrected chi connectivity index (χ2v) is 4.94. The Balaban J connectivity index is 1.97. The molecule has 3 nitrogen and oxygen atoms in total. The van der Waals surface area contributed by atoms with Crippen LogP contribution in [0.25, 0.3) is 0 Å². The number of hydrogen-bond donors (Lipinski definition) is 2. The quantitative estimate of drug-likeness (QED) is 0.700. The summed E-state index contributed by atoms with van der Waals surface area (Å²) in [5.41, 5.74) is 0. The van der Waals surface area contributed by atoms with Crippen LogP contribution in [0.1, 0.15) is 45.4 Å². The van der Waals surface area contributed by atoms with Crippen LogP contribution < -0.4 is 0 Å². The van der Waals surface area contributed by atoms with Gasteiger partial charge in [-0.3, -0.25) is 0 Å². The van der Waals surface area contributed by atoms with Crippen molar-refractivity contribution in [1.29, 1.82) is 0 Å². The predicted octanol–water partition coefficient (Wildman–Crippen LogP) is 1.67. The minimum Gasteiger partial charge on any atom is -0.393 e. The molecule has 15 heavy (non-hydrogen) atoms. The summed E-state index contributed by atoms with van der Waals surface area (Å²) in [7, 11) is 0. The third-order valence-electron chi connectivity index (χ3n) is 3.94. The van der Waals surface area contributed by atoms with Gasteiger partial charge in [-0.25, -0.2) is 0 Å². The lowest BCUT2D eigenvalue weighted by Gasteiger charge is -2.32. The Bertz CT molecular complexity index is 197. The lowest BCUT2D eigenvalue weighted by atomic mass is 9.75. The van der Waals surface area contributed by atoms with Gasteiger partial charge in [-0.2, -0.15) is 0 Å². The first-order valence-corrected chi connectivity index (χ1v) is 6.25. The van der Waals surface area contributed by atoms with E-state index < -0.39 is 6.29 Å². The number of epoxide rings is 1. The molecule has 0 amide bonds. The summed E-state index contributed by atoms with van der Waals surface area (Å²) in [4.78, 5) is 0. The van der Waals surface area contributed by atoms with E-state index >= 15 is 0 Å². The third kappa shape index (κ3) is 2.52. The fourth-order valence-electron chi connectivity index (χ4n) is 2.99. The van der Waals surface area contributed by atoms with Crippen LogP contribution in [0, 0.1) is 11.8 Å². The highest BCUT2D eigenvalue weighted by Gasteiger charge is 2.49. The van der Waals surface area contributed by atoms with Crippen molar-refractivity contribution in [2.45, 2.75) is 63.9 Å². The molecule has 0 aromatic carbocycles. The standard InChI is InChI=1S/C12H22O3/c1-2-9(13)10(11-12(14)15-11)8-6-4-3-5-7-8/h8-14H,2-7H2,1H3. The summed E-state index contributed by atoms with van der Waals surface area (Å²) in [5, 5.41) is 19.3. The second-order valence-electron chi connectivity index (χ2n) is 4.94. The maximum atomic E-state index is 10.0. The first-order valence-electron chi connectivity index (χ1n) is 6.25. The van der Waals surface area contributed by atoms with Gasteiger partial charge >= 0.3 is 0 Å². The minimum atomic E-state index is -0.613. The highest BCUT2D eigenvalue weighted by molar-refractivity contribution is 4.92. The minimum absolute atomic E-state index is 0.0944. The Morgan fingerprint density at radius 2 is 1.87 bits per heavy atom. The molecule has 2 N–H and O–H groups in total. The number of ether oxygens (including phenoxy) is 1. The maximum Gasteiger partial charge on any atom is 0.182 e. The van der Waals surface area contributed by atoms with Crippen LogP contribution >= 0.6 is 0 Å². The Morgan fingerprint density at radius 1 is 1.27 bits per heavy atom. The Labute approximate surface area is 91.4 Å². The summed E-state index contributed by atoms with van der Waals surface area (Å²) < 4.78 is 5.15. The summed E-state index contributed by atoms with van der Waals surface area (Å²) in [6, 6.07) is 0. The number of aliphatic hydroxyl groups is 2. The first kappa shape index (κ1) is 11.4. The molecular formula is C12H22O3. The third-order valence-corrected chi connectivity index (χ3v) is 3.94. The molecule has 0 bridgehead atoms. The van der Waals surface area contributed by atoms with E-state index in [1.54, 1.807) is 0 Å². The molecule has 1 saturated heterocycles. The average Bonchev–Trinajstić information content (AvgIpc) is 2.97. The van der Waals surface area contributed by atoms with E-state index in [0.29, 0.717) is 5.92 Å². The van der Waals surface area contributed by atoms with Crippen LogP contribution in [0.5, 0.6) is 0 Å². The zero-order chi connectivity index (χ0) is 10.8. The largest absolute Gasteiger partial charge is 0.393 e. The lowest BCUT2D eigenvalue weighted by molar-refractivity contribution is 0.0376. The van der Waals surface area contributed by atoms with Gasteiger partial charge in [0.15, 0.2) is 6.29 Å². The molecule has 4 unspecified atom stereocenters. The predicted molar refractivity (Wildman–Crippen MR) is 57.2 cm³/mol. The summed E-state index contributed by atoms with van der Waals surface area (Å²) >= 11 is 0. The van der Waals surface area contributed by atoms with Crippen LogP contribution in [0.2, 0.25) is 0 Å². The van der Waals surface area contributed by atoms with E-state index in [1.807, 2.05) is 6.92 Å². The van der Waals surface area contributed by atoms with Gasteiger partial charge < -0.3 is 14.9 Å².